The minimum absolute atomic E-state index is 0.0194. The lowest BCUT2D eigenvalue weighted by molar-refractivity contribution is 0.102. The van der Waals surface area contributed by atoms with Crippen molar-refractivity contribution in [2.75, 3.05) is 12.4 Å². The van der Waals surface area contributed by atoms with Gasteiger partial charge in [0.25, 0.3) is 5.91 Å². The summed E-state index contributed by atoms with van der Waals surface area (Å²) in [6, 6.07) is 5.63. The summed E-state index contributed by atoms with van der Waals surface area (Å²) in [5.41, 5.74) is 0.893. The number of rotatable bonds is 3. The molecule has 1 heterocycles. The van der Waals surface area contributed by atoms with Crippen LogP contribution in [0.3, 0.4) is 0 Å². The maximum absolute atomic E-state index is 13.6. The van der Waals surface area contributed by atoms with Gasteiger partial charge in [-0.25, -0.2) is 4.39 Å². The van der Waals surface area contributed by atoms with Crippen LogP contribution >= 0.6 is 11.6 Å². The molecule has 2 rings (SSSR count). The van der Waals surface area contributed by atoms with Crippen molar-refractivity contribution in [2.24, 2.45) is 0 Å². The van der Waals surface area contributed by atoms with Crippen molar-refractivity contribution in [1.82, 2.24) is 4.98 Å². The fourth-order valence-electron chi connectivity index (χ4n) is 1.61. The highest BCUT2D eigenvalue weighted by atomic mass is 35.5. The quantitative estimate of drug-likeness (QED) is 0.943. The average molecular weight is 295 g/mol. The topological polar surface area (TPSA) is 51.2 Å². The lowest BCUT2D eigenvalue weighted by Gasteiger charge is -2.09. The van der Waals surface area contributed by atoms with Gasteiger partial charge in [-0.2, -0.15) is 0 Å². The van der Waals surface area contributed by atoms with Gasteiger partial charge in [0.1, 0.15) is 11.6 Å². The molecule has 0 fully saturated rings. The molecule has 1 N–H and O–H groups in total. The Balaban J connectivity index is 2.27. The van der Waals surface area contributed by atoms with Crippen LogP contribution in [-0.4, -0.2) is 18.0 Å². The summed E-state index contributed by atoms with van der Waals surface area (Å²) >= 11 is 5.97. The minimum Gasteiger partial charge on any atom is -0.497 e. The van der Waals surface area contributed by atoms with Crippen molar-refractivity contribution in [2.45, 2.75) is 6.92 Å². The van der Waals surface area contributed by atoms with E-state index in [0.29, 0.717) is 11.4 Å². The number of hydrogen-bond acceptors (Lipinski definition) is 3. The third-order valence-electron chi connectivity index (χ3n) is 2.66. The second kappa shape index (κ2) is 5.88. The van der Waals surface area contributed by atoms with Crippen LogP contribution < -0.4 is 10.1 Å². The van der Waals surface area contributed by atoms with Gasteiger partial charge in [-0.1, -0.05) is 11.6 Å². The standard InChI is InChI=1S/C14H12ClFN2O2/c1-8-5-11(15)10(7-17-8)14(19)18-13-6-9(20-2)3-4-12(13)16/h3-7H,1-2H3,(H,18,19). The third kappa shape index (κ3) is 3.05. The zero-order valence-corrected chi connectivity index (χ0v) is 11.7. The summed E-state index contributed by atoms with van der Waals surface area (Å²) in [5, 5.41) is 2.71. The van der Waals surface area contributed by atoms with Gasteiger partial charge in [0.15, 0.2) is 0 Å². The molecule has 0 bridgehead atoms. The SMILES string of the molecule is COc1ccc(F)c(NC(=O)c2cnc(C)cc2Cl)c1. The number of nitrogens with one attached hydrogen (secondary N) is 1. The predicted molar refractivity (Wildman–Crippen MR) is 74.9 cm³/mol. The first-order chi connectivity index (χ1) is 9.51. The number of ether oxygens (including phenoxy) is 1. The van der Waals surface area contributed by atoms with Gasteiger partial charge in [-0.3, -0.25) is 9.78 Å². The van der Waals surface area contributed by atoms with Gasteiger partial charge in [-0.15, -0.1) is 0 Å². The van der Waals surface area contributed by atoms with Crippen LogP contribution in [0.2, 0.25) is 5.02 Å². The number of carbonyl (C=O) groups excluding carboxylic acids is 1. The molecule has 0 saturated carbocycles. The molecule has 20 heavy (non-hydrogen) atoms. The highest BCUT2D eigenvalue weighted by Gasteiger charge is 2.14. The number of amides is 1. The first-order valence-corrected chi connectivity index (χ1v) is 6.16. The van der Waals surface area contributed by atoms with E-state index in [-0.39, 0.29) is 16.3 Å². The zero-order chi connectivity index (χ0) is 14.7. The number of halogens is 2. The molecule has 1 aromatic carbocycles. The zero-order valence-electron chi connectivity index (χ0n) is 10.9. The van der Waals surface area contributed by atoms with Crippen molar-refractivity contribution < 1.29 is 13.9 Å². The molecule has 0 aliphatic carbocycles. The number of benzene rings is 1. The van der Waals surface area contributed by atoms with Crippen LogP contribution in [0, 0.1) is 12.7 Å². The first-order valence-electron chi connectivity index (χ1n) is 5.78. The minimum atomic E-state index is -0.560. The molecule has 0 radical (unpaired) electrons. The van der Waals surface area contributed by atoms with E-state index >= 15 is 0 Å². The molecule has 1 amide bonds. The molecule has 0 spiro atoms. The van der Waals surface area contributed by atoms with Gasteiger partial charge in [0.2, 0.25) is 0 Å². The number of aromatic nitrogens is 1. The molecular formula is C14H12ClFN2O2. The molecule has 2 aromatic rings. The maximum Gasteiger partial charge on any atom is 0.258 e. The molecular weight excluding hydrogens is 283 g/mol. The number of nitrogens with zero attached hydrogens (tertiary/aromatic N) is 1. The lowest BCUT2D eigenvalue weighted by atomic mass is 10.2. The number of hydrogen-bond donors (Lipinski definition) is 1. The van der Waals surface area contributed by atoms with Crippen molar-refractivity contribution in [3.8, 4) is 5.75 Å². The van der Waals surface area contributed by atoms with Crippen LogP contribution in [0.5, 0.6) is 5.75 Å². The Kier molecular flexibility index (Phi) is 4.20. The third-order valence-corrected chi connectivity index (χ3v) is 2.97. The van der Waals surface area contributed by atoms with Crippen LogP contribution in [0.25, 0.3) is 0 Å². The van der Waals surface area contributed by atoms with Crippen molar-refractivity contribution in [3.05, 3.63) is 52.6 Å². The molecule has 104 valence electrons. The molecule has 6 heteroatoms. The number of pyridine rings is 1. The smallest absolute Gasteiger partial charge is 0.258 e. The van der Waals surface area contributed by atoms with Gasteiger partial charge < -0.3 is 10.1 Å². The molecule has 0 saturated heterocycles. The second-order valence-corrected chi connectivity index (χ2v) is 4.51. The fourth-order valence-corrected chi connectivity index (χ4v) is 1.90. The Bertz CT molecular complexity index is 662. The van der Waals surface area contributed by atoms with Crippen molar-refractivity contribution in [1.29, 1.82) is 0 Å². The second-order valence-electron chi connectivity index (χ2n) is 4.11. The molecule has 1 aromatic heterocycles. The molecule has 0 aliphatic heterocycles. The molecule has 0 aliphatic rings. The summed E-state index contributed by atoms with van der Waals surface area (Å²) < 4.78 is 18.6. The summed E-state index contributed by atoms with van der Waals surface area (Å²) in [5.74, 6) is -0.653. The highest BCUT2D eigenvalue weighted by molar-refractivity contribution is 6.34. The van der Waals surface area contributed by atoms with E-state index in [1.54, 1.807) is 13.0 Å². The number of aryl methyl sites for hydroxylation is 1. The normalized spacial score (nSPS) is 10.2. The highest BCUT2D eigenvalue weighted by Crippen LogP contribution is 2.23. The van der Waals surface area contributed by atoms with Crippen molar-refractivity contribution in [3.63, 3.8) is 0 Å². The van der Waals surface area contributed by atoms with E-state index < -0.39 is 11.7 Å². The predicted octanol–water partition coefficient (Wildman–Crippen LogP) is 3.44. The summed E-state index contributed by atoms with van der Waals surface area (Å²) in [6.45, 7) is 1.76. The van der Waals surface area contributed by atoms with E-state index in [1.165, 1.54) is 31.5 Å². The van der Waals surface area contributed by atoms with Gasteiger partial charge in [0, 0.05) is 18.0 Å². The maximum atomic E-state index is 13.6. The largest absolute Gasteiger partial charge is 0.497 e. The Hall–Kier alpha value is -2.14. The van der Waals surface area contributed by atoms with E-state index in [9.17, 15) is 9.18 Å². The van der Waals surface area contributed by atoms with Crippen LogP contribution in [0.1, 0.15) is 16.1 Å². The molecule has 0 atom stereocenters. The van der Waals surface area contributed by atoms with Crippen LogP contribution in [0.4, 0.5) is 10.1 Å². The number of methoxy groups -OCH3 is 1. The summed E-state index contributed by atoms with van der Waals surface area (Å²) in [4.78, 5) is 16.1. The van der Waals surface area contributed by atoms with E-state index in [4.69, 9.17) is 16.3 Å². The summed E-state index contributed by atoms with van der Waals surface area (Å²) in [6.07, 6.45) is 1.35. The Labute approximate surface area is 120 Å². The number of anilines is 1. The monoisotopic (exact) mass is 294 g/mol. The van der Waals surface area contributed by atoms with E-state index in [1.807, 2.05) is 0 Å². The van der Waals surface area contributed by atoms with Crippen molar-refractivity contribution >= 4 is 23.2 Å². The van der Waals surface area contributed by atoms with Gasteiger partial charge in [0.05, 0.1) is 23.4 Å². The van der Waals surface area contributed by atoms with Crippen LogP contribution in [0.15, 0.2) is 30.5 Å². The Morgan fingerprint density at radius 3 is 2.80 bits per heavy atom. The van der Waals surface area contributed by atoms with Crippen LogP contribution in [-0.2, 0) is 0 Å². The molecule has 0 unspecified atom stereocenters. The lowest BCUT2D eigenvalue weighted by Crippen LogP contribution is -2.14. The van der Waals surface area contributed by atoms with E-state index in [0.717, 1.165) is 0 Å². The first kappa shape index (κ1) is 14.3. The fraction of sp³-hybridized carbons (Fsp3) is 0.143. The summed E-state index contributed by atoms with van der Waals surface area (Å²) in [7, 11) is 1.46. The Morgan fingerprint density at radius 2 is 2.15 bits per heavy atom. The van der Waals surface area contributed by atoms with Gasteiger partial charge in [-0.05, 0) is 25.1 Å². The Morgan fingerprint density at radius 1 is 1.40 bits per heavy atom. The number of carbonyl (C=O) groups is 1. The van der Waals surface area contributed by atoms with E-state index in [2.05, 4.69) is 10.3 Å². The molecule has 4 nitrogen and oxygen atoms in total. The van der Waals surface area contributed by atoms with Gasteiger partial charge >= 0.3 is 0 Å². The average Bonchev–Trinajstić information content (AvgIpc) is 2.41.